The van der Waals surface area contributed by atoms with Gasteiger partial charge in [-0.1, -0.05) is 65.1 Å². The number of halogens is 3. The van der Waals surface area contributed by atoms with Gasteiger partial charge in [0.1, 0.15) is 6.61 Å². The van der Waals surface area contributed by atoms with Crippen molar-refractivity contribution in [1.29, 1.82) is 0 Å². The van der Waals surface area contributed by atoms with E-state index in [1.807, 2.05) is 93.6 Å². The van der Waals surface area contributed by atoms with Crippen LogP contribution in [0.25, 0.3) is 6.08 Å². The zero-order valence-electron chi connectivity index (χ0n) is 25.1. The zero-order chi connectivity index (χ0) is 32.1. The van der Waals surface area contributed by atoms with Gasteiger partial charge in [0.25, 0.3) is 5.91 Å². The fourth-order valence-electron chi connectivity index (χ4n) is 4.69. The minimum Gasteiger partial charge on any atom is -0.490 e. The molecule has 0 spiro atoms. The van der Waals surface area contributed by atoms with Crippen LogP contribution in [-0.4, -0.2) is 17.7 Å². The van der Waals surface area contributed by atoms with Gasteiger partial charge in [-0.05, 0) is 116 Å². The molecule has 0 aliphatic carbocycles. The van der Waals surface area contributed by atoms with E-state index in [1.165, 1.54) is 11.8 Å². The SMILES string of the molecule is C=CCc1cc(/C=C2/SC(=Nc3ccc(C)c(Cl)c3)N(c3ccc(C)c(Cl)c3)C2=O)cc(OCC)c1OCc1cccc(Cl)c1. The van der Waals surface area contributed by atoms with Gasteiger partial charge in [-0.2, -0.15) is 0 Å². The molecule has 1 amide bonds. The molecule has 0 saturated carbocycles. The van der Waals surface area contributed by atoms with Crippen molar-refractivity contribution in [1.82, 2.24) is 0 Å². The normalized spacial score (nSPS) is 14.8. The van der Waals surface area contributed by atoms with Gasteiger partial charge in [-0.3, -0.25) is 9.69 Å². The minimum absolute atomic E-state index is 0.221. The van der Waals surface area contributed by atoms with Gasteiger partial charge >= 0.3 is 0 Å². The average molecular weight is 678 g/mol. The van der Waals surface area contributed by atoms with Crippen LogP contribution >= 0.6 is 46.6 Å². The number of allylic oxidation sites excluding steroid dienone is 1. The molecule has 5 nitrogen and oxygen atoms in total. The fraction of sp³-hybridized carbons (Fsp3) is 0.167. The maximum absolute atomic E-state index is 14.0. The monoisotopic (exact) mass is 676 g/mol. The number of thioether (sulfide) groups is 1. The van der Waals surface area contributed by atoms with E-state index >= 15 is 0 Å². The third-order valence-corrected chi connectivity index (χ3v) is 9.01. The molecule has 1 fully saturated rings. The van der Waals surface area contributed by atoms with E-state index in [-0.39, 0.29) is 5.91 Å². The Labute approximate surface area is 283 Å². The van der Waals surface area contributed by atoms with E-state index in [1.54, 1.807) is 17.0 Å². The van der Waals surface area contributed by atoms with E-state index < -0.39 is 0 Å². The first kappa shape index (κ1) is 32.7. The van der Waals surface area contributed by atoms with Crippen LogP contribution in [0.15, 0.2) is 95.3 Å². The summed E-state index contributed by atoms with van der Waals surface area (Å²) in [5, 5.41) is 2.29. The summed E-state index contributed by atoms with van der Waals surface area (Å²) >= 11 is 20.3. The molecule has 1 aliphatic heterocycles. The Morgan fingerprint density at radius 2 is 1.69 bits per heavy atom. The summed E-state index contributed by atoms with van der Waals surface area (Å²) in [6.45, 7) is 10.5. The molecule has 45 heavy (non-hydrogen) atoms. The van der Waals surface area contributed by atoms with E-state index in [0.29, 0.717) is 67.6 Å². The molecular formula is C36H31Cl3N2O3S. The Bertz CT molecular complexity index is 1840. The molecular weight excluding hydrogens is 647 g/mol. The number of carbonyl (C=O) groups excluding carboxylic acids is 1. The number of anilines is 1. The molecule has 0 N–H and O–H groups in total. The number of hydrogen-bond acceptors (Lipinski definition) is 5. The Hall–Kier alpha value is -3.68. The maximum atomic E-state index is 14.0. The molecule has 0 bridgehead atoms. The van der Waals surface area contributed by atoms with Crippen LogP contribution in [0.5, 0.6) is 11.5 Å². The molecule has 1 saturated heterocycles. The number of amidine groups is 1. The average Bonchev–Trinajstić information content (AvgIpc) is 3.30. The van der Waals surface area contributed by atoms with Crippen molar-refractivity contribution in [2.75, 3.05) is 11.5 Å². The van der Waals surface area contributed by atoms with Gasteiger partial charge in [0.05, 0.1) is 22.9 Å². The summed E-state index contributed by atoms with van der Waals surface area (Å²) in [7, 11) is 0. The summed E-state index contributed by atoms with van der Waals surface area (Å²) < 4.78 is 12.3. The standard InChI is InChI=1S/C36H31Cl3N2O3S/c1-5-8-26-15-25(17-32(43-6-2)34(26)44-21-24-9-7-10-27(37)16-24)18-33-35(42)41(29-14-12-23(4)31(39)20-29)36(45-33)40-28-13-11-22(3)30(38)19-28/h5,7,9-20H,1,6,8,21H2,2-4H3/b33-18+,40-36?. The van der Waals surface area contributed by atoms with Crippen LogP contribution in [0.1, 0.15) is 34.7 Å². The largest absolute Gasteiger partial charge is 0.490 e. The topological polar surface area (TPSA) is 51.1 Å². The highest BCUT2D eigenvalue weighted by molar-refractivity contribution is 8.19. The molecule has 0 unspecified atom stereocenters. The van der Waals surface area contributed by atoms with Crippen LogP contribution in [0.4, 0.5) is 11.4 Å². The molecule has 0 radical (unpaired) electrons. The first-order chi connectivity index (χ1) is 21.7. The lowest BCUT2D eigenvalue weighted by Gasteiger charge is -2.17. The molecule has 1 aliphatic rings. The molecule has 0 atom stereocenters. The number of aryl methyl sites for hydroxylation is 2. The van der Waals surface area contributed by atoms with Crippen LogP contribution in [0.2, 0.25) is 15.1 Å². The van der Waals surface area contributed by atoms with Crippen LogP contribution < -0.4 is 14.4 Å². The number of benzene rings is 4. The summed E-state index contributed by atoms with van der Waals surface area (Å²) in [6.07, 6.45) is 4.19. The highest BCUT2D eigenvalue weighted by Gasteiger charge is 2.35. The van der Waals surface area contributed by atoms with Gasteiger partial charge in [0.2, 0.25) is 0 Å². The van der Waals surface area contributed by atoms with Gasteiger partial charge < -0.3 is 9.47 Å². The van der Waals surface area contributed by atoms with Crippen molar-refractivity contribution in [2.24, 2.45) is 4.99 Å². The molecule has 0 aromatic heterocycles. The Morgan fingerprint density at radius 3 is 2.38 bits per heavy atom. The Kier molecular flexibility index (Phi) is 10.6. The summed E-state index contributed by atoms with van der Waals surface area (Å²) in [5.41, 5.74) is 5.71. The zero-order valence-corrected chi connectivity index (χ0v) is 28.2. The fourth-order valence-corrected chi connectivity index (χ4v) is 6.26. The third kappa shape index (κ3) is 7.77. The van der Waals surface area contributed by atoms with Crippen molar-refractivity contribution in [3.8, 4) is 11.5 Å². The molecule has 1 heterocycles. The van der Waals surface area contributed by atoms with Gasteiger partial charge in [0, 0.05) is 20.6 Å². The van der Waals surface area contributed by atoms with E-state index in [9.17, 15) is 4.79 Å². The first-order valence-corrected chi connectivity index (χ1v) is 16.2. The number of carbonyl (C=O) groups is 1. The summed E-state index contributed by atoms with van der Waals surface area (Å²) in [6, 6.07) is 22.5. The van der Waals surface area contributed by atoms with Gasteiger partial charge in [0.15, 0.2) is 16.7 Å². The highest BCUT2D eigenvalue weighted by Crippen LogP contribution is 2.41. The highest BCUT2D eigenvalue weighted by atomic mass is 35.5. The van der Waals surface area contributed by atoms with E-state index in [2.05, 4.69) is 6.58 Å². The van der Waals surface area contributed by atoms with Gasteiger partial charge in [-0.15, -0.1) is 6.58 Å². The number of hydrogen-bond donors (Lipinski definition) is 0. The molecule has 4 aromatic rings. The van der Waals surface area contributed by atoms with Crippen molar-refractivity contribution < 1.29 is 14.3 Å². The number of aliphatic imine (C=N–C) groups is 1. The molecule has 230 valence electrons. The number of ether oxygens (including phenoxy) is 2. The van der Waals surface area contributed by atoms with Crippen LogP contribution in [0, 0.1) is 13.8 Å². The summed E-state index contributed by atoms with van der Waals surface area (Å²) in [4.78, 5) is 20.9. The second-order valence-electron chi connectivity index (χ2n) is 10.4. The molecule has 5 rings (SSSR count). The van der Waals surface area contributed by atoms with E-state index in [4.69, 9.17) is 49.3 Å². The lowest BCUT2D eigenvalue weighted by atomic mass is 10.0. The molecule has 4 aromatic carbocycles. The third-order valence-electron chi connectivity index (χ3n) is 6.99. The van der Waals surface area contributed by atoms with Crippen molar-refractivity contribution in [3.63, 3.8) is 0 Å². The number of amides is 1. The van der Waals surface area contributed by atoms with Crippen molar-refractivity contribution >= 4 is 75.1 Å². The smallest absolute Gasteiger partial charge is 0.271 e. The molecule has 9 heteroatoms. The predicted molar refractivity (Wildman–Crippen MR) is 190 cm³/mol. The lowest BCUT2D eigenvalue weighted by molar-refractivity contribution is -0.113. The Balaban J connectivity index is 1.55. The van der Waals surface area contributed by atoms with Gasteiger partial charge in [-0.25, -0.2) is 4.99 Å². The van der Waals surface area contributed by atoms with Crippen molar-refractivity contribution in [3.05, 3.63) is 133 Å². The minimum atomic E-state index is -0.221. The van der Waals surface area contributed by atoms with Crippen molar-refractivity contribution in [2.45, 2.75) is 33.8 Å². The summed E-state index contributed by atoms with van der Waals surface area (Å²) in [5.74, 6) is 0.978. The number of nitrogens with zero attached hydrogens (tertiary/aromatic N) is 2. The van der Waals surface area contributed by atoms with E-state index in [0.717, 1.165) is 27.8 Å². The second kappa shape index (κ2) is 14.6. The maximum Gasteiger partial charge on any atom is 0.271 e. The predicted octanol–water partition coefficient (Wildman–Crippen LogP) is 10.8. The Morgan fingerprint density at radius 1 is 0.933 bits per heavy atom. The number of rotatable bonds is 10. The lowest BCUT2D eigenvalue weighted by Crippen LogP contribution is -2.28. The van der Waals surface area contributed by atoms with Crippen LogP contribution in [0.3, 0.4) is 0 Å². The second-order valence-corrected chi connectivity index (χ2v) is 12.6. The van der Waals surface area contributed by atoms with Crippen LogP contribution in [-0.2, 0) is 17.8 Å². The first-order valence-electron chi connectivity index (χ1n) is 14.3. The quantitative estimate of drug-likeness (QED) is 0.124.